The summed E-state index contributed by atoms with van der Waals surface area (Å²) in [7, 11) is 1.68. The van der Waals surface area contributed by atoms with Crippen molar-refractivity contribution in [3.63, 3.8) is 0 Å². The predicted molar refractivity (Wildman–Crippen MR) is 61.4 cm³/mol. The molecule has 2 aromatic rings. The number of nitrogens with zero attached hydrogens (tertiary/aromatic N) is 3. The second-order valence-corrected chi connectivity index (χ2v) is 3.64. The third-order valence-electron chi connectivity index (χ3n) is 2.34. The van der Waals surface area contributed by atoms with Crippen molar-refractivity contribution in [1.82, 2.24) is 15.0 Å². The summed E-state index contributed by atoms with van der Waals surface area (Å²) >= 11 is 0. The molecule has 0 unspecified atom stereocenters. The van der Waals surface area contributed by atoms with Crippen LogP contribution in [0.2, 0.25) is 0 Å². The maximum absolute atomic E-state index is 11.7. The lowest BCUT2D eigenvalue weighted by Crippen LogP contribution is -2.13. The van der Waals surface area contributed by atoms with Crippen molar-refractivity contribution in [3.8, 4) is 0 Å². The van der Waals surface area contributed by atoms with Gasteiger partial charge >= 0.3 is 0 Å². The van der Waals surface area contributed by atoms with E-state index in [1.54, 1.807) is 7.05 Å². The van der Waals surface area contributed by atoms with Gasteiger partial charge in [-0.1, -0.05) is 35.5 Å². The molecule has 0 spiro atoms. The summed E-state index contributed by atoms with van der Waals surface area (Å²) in [6.45, 7) is 0.466. The highest BCUT2D eigenvalue weighted by atomic mass is 16.5. The van der Waals surface area contributed by atoms with Gasteiger partial charge in [0.25, 0.3) is 0 Å². The molecule has 5 heteroatoms. The molecule has 0 aliphatic rings. The van der Waals surface area contributed by atoms with E-state index in [9.17, 15) is 4.79 Å². The molecule has 0 amide bonds. The number of carbonyl (C=O) groups excluding carboxylic acids is 1. The van der Waals surface area contributed by atoms with E-state index in [2.05, 4.69) is 10.3 Å². The molecule has 1 aromatic heterocycles. The molecule has 0 N–H and O–H groups in total. The summed E-state index contributed by atoms with van der Waals surface area (Å²) in [6.07, 6.45) is 1.44. The molecule has 0 aliphatic heterocycles. The van der Waals surface area contributed by atoms with Crippen molar-refractivity contribution in [2.45, 2.75) is 6.61 Å². The average Bonchev–Trinajstić information content (AvgIpc) is 2.77. The first kappa shape index (κ1) is 11.5. The summed E-state index contributed by atoms with van der Waals surface area (Å²) in [5.74, 6) is -0.117. The fourth-order valence-corrected chi connectivity index (χ4v) is 1.45. The number of carbonyl (C=O) groups is 1. The average molecular weight is 231 g/mol. The molecule has 0 aliphatic carbocycles. The first-order valence-electron chi connectivity index (χ1n) is 5.27. The van der Waals surface area contributed by atoms with E-state index in [1.807, 2.05) is 30.3 Å². The van der Waals surface area contributed by atoms with E-state index >= 15 is 0 Å². The summed E-state index contributed by atoms with van der Waals surface area (Å²) in [5.41, 5.74) is 1.50. The van der Waals surface area contributed by atoms with E-state index in [0.717, 1.165) is 5.56 Å². The number of benzene rings is 1. The van der Waals surface area contributed by atoms with Gasteiger partial charge in [-0.05, 0) is 5.56 Å². The molecule has 0 fully saturated rings. The number of ketones is 1. The zero-order valence-corrected chi connectivity index (χ0v) is 9.54. The SMILES string of the molecule is Cn1nncc1C(=O)COCc1ccccc1. The van der Waals surface area contributed by atoms with Gasteiger partial charge in [0.05, 0.1) is 12.8 Å². The van der Waals surface area contributed by atoms with Crippen LogP contribution in [0.4, 0.5) is 0 Å². The van der Waals surface area contributed by atoms with Gasteiger partial charge in [-0.2, -0.15) is 0 Å². The maximum atomic E-state index is 11.7. The lowest BCUT2D eigenvalue weighted by Gasteiger charge is -2.03. The van der Waals surface area contributed by atoms with Gasteiger partial charge in [-0.25, -0.2) is 4.68 Å². The molecule has 17 heavy (non-hydrogen) atoms. The standard InChI is InChI=1S/C12H13N3O2/c1-15-11(7-13-14-15)12(16)9-17-8-10-5-3-2-4-6-10/h2-7H,8-9H2,1H3. The molecule has 0 saturated heterocycles. The Hall–Kier alpha value is -2.01. The van der Waals surface area contributed by atoms with Crippen LogP contribution in [0.3, 0.4) is 0 Å². The van der Waals surface area contributed by atoms with Crippen LogP contribution in [0.15, 0.2) is 36.5 Å². The Bertz CT molecular complexity index is 493. The Morgan fingerprint density at radius 1 is 1.35 bits per heavy atom. The van der Waals surface area contributed by atoms with E-state index in [1.165, 1.54) is 10.9 Å². The van der Waals surface area contributed by atoms with Crippen molar-refractivity contribution in [2.75, 3.05) is 6.61 Å². The molecule has 1 heterocycles. The first-order chi connectivity index (χ1) is 8.27. The molecule has 0 radical (unpaired) electrons. The zero-order valence-electron chi connectivity index (χ0n) is 9.54. The van der Waals surface area contributed by atoms with Gasteiger partial charge in [0.2, 0.25) is 5.78 Å². The summed E-state index contributed by atoms with van der Waals surface area (Å²) in [6, 6.07) is 9.72. The highest BCUT2D eigenvalue weighted by Crippen LogP contribution is 2.02. The van der Waals surface area contributed by atoms with Crippen LogP contribution in [0, 0.1) is 0 Å². The molecule has 1 aromatic carbocycles. The first-order valence-corrected chi connectivity index (χ1v) is 5.27. The number of hydrogen-bond acceptors (Lipinski definition) is 4. The number of ether oxygens (including phenoxy) is 1. The van der Waals surface area contributed by atoms with Crippen LogP contribution in [-0.2, 0) is 18.4 Å². The lowest BCUT2D eigenvalue weighted by molar-refractivity contribution is 0.0717. The second-order valence-electron chi connectivity index (χ2n) is 3.64. The molecule has 5 nitrogen and oxygen atoms in total. The molecule has 2 rings (SSSR count). The Morgan fingerprint density at radius 2 is 2.12 bits per heavy atom. The molecule has 0 atom stereocenters. The maximum Gasteiger partial charge on any atom is 0.208 e. The monoisotopic (exact) mass is 231 g/mol. The van der Waals surface area contributed by atoms with Gasteiger partial charge in [-0.3, -0.25) is 4.79 Å². The minimum Gasteiger partial charge on any atom is -0.369 e. The Morgan fingerprint density at radius 3 is 2.76 bits per heavy atom. The zero-order chi connectivity index (χ0) is 12.1. The Balaban J connectivity index is 1.84. The smallest absolute Gasteiger partial charge is 0.208 e. The van der Waals surface area contributed by atoms with Crippen LogP contribution in [0.5, 0.6) is 0 Å². The summed E-state index contributed by atoms with van der Waals surface area (Å²) in [5, 5.41) is 7.34. The number of rotatable bonds is 5. The van der Waals surface area contributed by atoms with Gasteiger partial charge < -0.3 is 4.74 Å². The van der Waals surface area contributed by atoms with Gasteiger partial charge in [0.15, 0.2) is 0 Å². The molecular weight excluding hydrogens is 218 g/mol. The topological polar surface area (TPSA) is 57.0 Å². The minimum absolute atomic E-state index is 0.0378. The van der Waals surface area contributed by atoms with Crippen LogP contribution < -0.4 is 0 Å². The predicted octanol–water partition coefficient (Wildman–Crippen LogP) is 1.21. The van der Waals surface area contributed by atoms with Crippen molar-refractivity contribution in [3.05, 3.63) is 47.8 Å². The molecular formula is C12H13N3O2. The van der Waals surface area contributed by atoms with E-state index in [-0.39, 0.29) is 12.4 Å². The van der Waals surface area contributed by atoms with Gasteiger partial charge in [0, 0.05) is 7.05 Å². The van der Waals surface area contributed by atoms with E-state index in [0.29, 0.717) is 12.3 Å². The van der Waals surface area contributed by atoms with E-state index in [4.69, 9.17) is 4.74 Å². The molecule has 0 saturated carbocycles. The van der Waals surface area contributed by atoms with Crippen molar-refractivity contribution in [2.24, 2.45) is 7.05 Å². The fraction of sp³-hybridized carbons (Fsp3) is 0.250. The van der Waals surface area contributed by atoms with Crippen molar-refractivity contribution in [1.29, 1.82) is 0 Å². The number of Topliss-reactive ketones (excluding diaryl/α,β-unsaturated/α-hetero) is 1. The number of aromatic nitrogens is 3. The second kappa shape index (κ2) is 5.36. The van der Waals surface area contributed by atoms with Crippen molar-refractivity contribution >= 4 is 5.78 Å². The van der Waals surface area contributed by atoms with E-state index < -0.39 is 0 Å². The molecule has 88 valence electrons. The number of hydrogen-bond donors (Lipinski definition) is 0. The number of aryl methyl sites for hydroxylation is 1. The summed E-state index contributed by atoms with van der Waals surface area (Å²) < 4.78 is 6.78. The van der Waals surface area contributed by atoms with Crippen LogP contribution >= 0.6 is 0 Å². The van der Waals surface area contributed by atoms with Crippen molar-refractivity contribution < 1.29 is 9.53 Å². The lowest BCUT2D eigenvalue weighted by atomic mass is 10.2. The third kappa shape index (κ3) is 2.98. The normalized spacial score (nSPS) is 10.4. The molecule has 0 bridgehead atoms. The summed E-state index contributed by atoms with van der Waals surface area (Å²) in [4.78, 5) is 11.7. The van der Waals surface area contributed by atoms with Gasteiger partial charge in [-0.15, -0.1) is 5.10 Å². The largest absolute Gasteiger partial charge is 0.369 e. The third-order valence-corrected chi connectivity index (χ3v) is 2.34. The fourth-order valence-electron chi connectivity index (χ4n) is 1.45. The Kier molecular flexibility index (Phi) is 3.62. The Labute approximate surface area is 99.0 Å². The van der Waals surface area contributed by atoms with Crippen LogP contribution in [0.25, 0.3) is 0 Å². The minimum atomic E-state index is -0.117. The van der Waals surface area contributed by atoms with Crippen LogP contribution in [0.1, 0.15) is 16.1 Å². The highest BCUT2D eigenvalue weighted by molar-refractivity contribution is 5.95. The quantitative estimate of drug-likeness (QED) is 0.726. The van der Waals surface area contributed by atoms with Crippen LogP contribution in [-0.4, -0.2) is 27.4 Å². The highest BCUT2D eigenvalue weighted by Gasteiger charge is 2.10. The van der Waals surface area contributed by atoms with Gasteiger partial charge in [0.1, 0.15) is 12.3 Å².